The summed E-state index contributed by atoms with van der Waals surface area (Å²) in [5, 5.41) is 7.70. The van der Waals surface area contributed by atoms with Crippen molar-refractivity contribution in [3.63, 3.8) is 0 Å². The summed E-state index contributed by atoms with van der Waals surface area (Å²) >= 11 is 7.44. The molecule has 3 aromatic heterocycles. The Hall–Kier alpha value is -4.35. The van der Waals surface area contributed by atoms with E-state index in [9.17, 15) is 24.0 Å². The Bertz CT molecular complexity index is 1700. The van der Waals surface area contributed by atoms with E-state index in [1.54, 1.807) is 63.2 Å². The molecule has 0 aliphatic carbocycles. The molecule has 212 valence electrons. The Morgan fingerprint density at radius 3 is 2.34 bits per heavy atom. The number of thiophene rings is 1. The summed E-state index contributed by atoms with van der Waals surface area (Å²) in [6, 6.07) is 16.1. The van der Waals surface area contributed by atoms with Crippen LogP contribution in [0.1, 0.15) is 46.5 Å². The van der Waals surface area contributed by atoms with Crippen LogP contribution < -0.4 is 10.9 Å². The lowest BCUT2D eigenvalue weighted by Gasteiger charge is -2.18. The number of hydrogen-bond donors (Lipinski definition) is 1. The molecule has 0 bridgehead atoms. The Morgan fingerprint density at radius 1 is 1.02 bits per heavy atom. The molecule has 0 amide bonds. The van der Waals surface area contributed by atoms with E-state index in [1.165, 1.54) is 28.2 Å². The number of hydrogen-bond acceptors (Lipinski definition) is 9. The third-order valence-corrected chi connectivity index (χ3v) is 7.25. The number of pyridine rings is 1. The number of carbonyl (C=O) groups is 4. The van der Waals surface area contributed by atoms with E-state index in [1.807, 2.05) is 6.07 Å². The number of ether oxygens (including phenoxy) is 1. The number of methoxy groups -OCH3 is 1. The molecule has 0 saturated heterocycles. The minimum atomic E-state index is -1.14. The summed E-state index contributed by atoms with van der Waals surface area (Å²) in [6.45, 7) is 4.96. The summed E-state index contributed by atoms with van der Waals surface area (Å²) in [6.07, 6.45) is 0. The van der Waals surface area contributed by atoms with Crippen LogP contribution in [0.25, 0.3) is 11.3 Å². The van der Waals surface area contributed by atoms with E-state index < -0.39 is 35.1 Å². The second-order valence-corrected chi connectivity index (χ2v) is 11.9. The number of Topliss-reactive ketones (excluding diaryl/α,β-unsaturated/α-hetero) is 1. The number of aromatic nitrogens is 3. The van der Waals surface area contributed by atoms with Crippen molar-refractivity contribution in [3.8, 4) is 11.3 Å². The first kappa shape index (κ1) is 29.6. The van der Waals surface area contributed by atoms with Crippen molar-refractivity contribution < 1.29 is 23.9 Å². The average molecular weight is 595 g/mol. The maximum atomic E-state index is 13.5. The molecule has 0 atom stereocenters. The summed E-state index contributed by atoms with van der Waals surface area (Å²) in [7, 11) is 1.05. The third-order valence-electron chi connectivity index (χ3n) is 6.02. The van der Waals surface area contributed by atoms with Crippen molar-refractivity contribution in [3.05, 3.63) is 91.5 Å². The molecule has 4 aromatic rings. The van der Waals surface area contributed by atoms with E-state index in [0.717, 1.165) is 16.6 Å². The molecule has 0 aliphatic heterocycles. The van der Waals surface area contributed by atoms with Gasteiger partial charge in [0.05, 0.1) is 35.9 Å². The molecule has 0 unspecified atom stereocenters. The van der Waals surface area contributed by atoms with Gasteiger partial charge in [0.15, 0.2) is 0 Å². The predicted molar refractivity (Wildman–Crippen MR) is 156 cm³/mol. The zero-order valence-electron chi connectivity index (χ0n) is 22.8. The van der Waals surface area contributed by atoms with Crippen LogP contribution in [0.4, 0.5) is 5.82 Å². The van der Waals surface area contributed by atoms with Crippen LogP contribution in [0.15, 0.2) is 65.5 Å². The van der Waals surface area contributed by atoms with E-state index in [0.29, 0.717) is 16.7 Å². The lowest BCUT2D eigenvalue weighted by molar-refractivity contribution is -0.151. The topological polar surface area (TPSA) is 129 Å². The minimum Gasteiger partial charge on any atom is -0.463 e. The summed E-state index contributed by atoms with van der Waals surface area (Å²) < 4.78 is 7.26. The quantitative estimate of drug-likeness (QED) is 0.168. The number of carbonyl (C=O) groups excluding carboxylic acids is 4. The number of anilines is 1. The second kappa shape index (κ2) is 12.0. The molecule has 0 aliphatic rings. The first-order valence-corrected chi connectivity index (χ1v) is 13.7. The Balaban J connectivity index is 1.83. The fourth-order valence-electron chi connectivity index (χ4n) is 3.90. The molecule has 10 nitrogen and oxygen atoms in total. The number of esters is 1. The van der Waals surface area contributed by atoms with Gasteiger partial charge < -0.3 is 10.1 Å². The number of nitrogens with one attached hydrogen (secondary N) is 1. The molecule has 41 heavy (non-hydrogen) atoms. The summed E-state index contributed by atoms with van der Waals surface area (Å²) in [4.78, 5) is 65.2. The van der Waals surface area contributed by atoms with Crippen molar-refractivity contribution in [2.45, 2.75) is 33.9 Å². The van der Waals surface area contributed by atoms with E-state index in [-0.39, 0.29) is 28.4 Å². The van der Waals surface area contributed by atoms with Gasteiger partial charge in [-0.15, -0.1) is 11.3 Å². The maximum Gasteiger partial charge on any atom is 0.376 e. The van der Waals surface area contributed by atoms with Crippen LogP contribution in [-0.4, -0.2) is 44.9 Å². The standard InChI is InChI=1S/C29H27ClN4O6S/c1-29(2,3)28(39)34-24(31-15-19-10-11-23(30)41-19)14-20(32-34)18-12-21(26(37)17-8-6-5-7-9-17)33(25(36)13-18)16-22(35)27(38)40-4/h5-14,31H,15-16H2,1-4H3. The Morgan fingerprint density at radius 2 is 1.73 bits per heavy atom. The zero-order valence-corrected chi connectivity index (χ0v) is 24.3. The molecule has 4 rings (SSSR count). The van der Waals surface area contributed by atoms with Gasteiger partial charge in [0.1, 0.15) is 5.82 Å². The SMILES string of the molecule is COC(=O)C(=O)Cn1c(C(=O)c2ccccc2)cc(-c2cc(NCc3ccc(Cl)s3)n(C(=O)C(C)(C)C)n2)cc1=O. The van der Waals surface area contributed by atoms with Crippen LogP contribution in [0, 0.1) is 5.41 Å². The van der Waals surface area contributed by atoms with E-state index in [2.05, 4.69) is 15.2 Å². The monoisotopic (exact) mass is 594 g/mol. The van der Waals surface area contributed by atoms with Gasteiger partial charge in [-0.25, -0.2) is 4.79 Å². The largest absolute Gasteiger partial charge is 0.463 e. The van der Waals surface area contributed by atoms with Gasteiger partial charge in [0.2, 0.25) is 5.78 Å². The first-order valence-electron chi connectivity index (χ1n) is 12.5. The van der Waals surface area contributed by atoms with Crippen LogP contribution >= 0.6 is 22.9 Å². The third kappa shape index (κ3) is 6.69. The minimum absolute atomic E-state index is 0.129. The van der Waals surface area contributed by atoms with Crippen LogP contribution in [0.3, 0.4) is 0 Å². The highest BCUT2D eigenvalue weighted by atomic mass is 35.5. The van der Waals surface area contributed by atoms with Gasteiger partial charge in [-0.05, 0) is 18.2 Å². The zero-order chi connectivity index (χ0) is 29.9. The average Bonchev–Trinajstić information content (AvgIpc) is 3.57. The van der Waals surface area contributed by atoms with E-state index >= 15 is 0 Å². The molecule has 1 aromatic carbocycles. The second-order valence-electron chi connectivity index (χ2n) is 10.1. The fraction of sp³-hybridized carbons (Fsp3) is 0.241. The number of rotatable bonds is 9. The van der Waals surface area contributed by atoms with Gasteiger partial charge in [0.25, 0.3) is 17.2 Å². The number of benzene rings is 1. The highest BCUT2D eigenvalue weighted by Gasteiger charge is 2.28. The van der Waals surface area contributed by atoms with Gasteiger partial charge in [-0.2, -0.15) is 9.78 Å². The van der Waals surface area contributed by atoms with Gasteiger partial charge in [0, 0.05) is 33.6 Å². The van der Waals surface area contributed by atoms with Crippen LogP contribution in [0.2, 0.25) is 4.34 Å². The lowest BCUT2D eigenvalue weighted by Crippen LogP contribution is -2.32. The first-order chi connectivity index (χ1) is 19.4. The molecule has 0 saturated carbocycles. The smallest absolute Gasteiger partial charge is 0.376 e. The van der Waals surface area contributed by atoms with Crippen molar-refractivity contribution >= 4 is 52.2 Å². The molecule has 12 heteroatoms. The van der Waals surface area contributed by atoms with Gasteiger partial charge in [-0.3, -0.25) is 23.7 Å². The predicted octanol–water partition coefficient (Wildman–Crippen LogP) is 4.70. The van der Waals surface area contributed by atoms with Gasteiger partial charge >= 0.3 is 5.97 Å². The van der Waals surface area contributed by atoms with Crippen molar-refractivity contribution in [1.29, 1.82) is 0 Å². The Labute approximate surface area is 244 Å². The number of nitrogens with zero attached hydrogens (tertiary/aromatic N) is 3. The molecule has 1 N–H and O–H groups in total. The Kier molecular flexibility index (Phi) is 8.69. The molecule has 0 fully saturated rings. The van der Waals surface area contributed by atoms with Crippen molar-refractivity contribution in [2.24, 2.45) is 5.41 Å². The molecular formula is C29H27ClN4O6S. The highest BCUT2D eigenvalue weighted by Crippen LogP contribution is 2.28. The summed E-state index contributed by atoms with van der Waals surface area (Å²) in [5.41, 5.74) is -0.848. The van der Waals surface area contributed by atoms with Crippen molar-refractivity contribution in [2.75, 3.05) is 12.4 Å². The fourth-order valence-corrected chi connectivity index (χ4v) is 4.93. The van der Waals surface area contributed by atoms with Crippen molar-refractivity contribution in [1.82, 2.24) is 14.3 Å². The molecule has 3 heterocycles. The molecular weight excluding hydrogens is 568 g/mol. The van der Waals surface area contributed by atoms with Crippen LogP contribution in [0.5, 0.6) is 0 Å². The van der Waals surface area contributed by atoms with E-state index in [4.69, 9.17) is 11.6 Å². The van der Waals surface area contributed by atoms with Gasteiger partial charge in [-0.1, -0.05) is 62.7 Å². The summed E-state index contributed by atoms with van der Waals surface area (Å²) in [5.74, 6) is -2.59. The molecule has 0 radical (unpaired) electrons. The lowest BCUT2D eigenvalue weighted by atomic mass is 9.96. The number of halogens is 1. The maximum absolute atomic E-state index is 13.5. The van der Waals surface area contributed by atoms with Crippen LogP contribution in [-0.2, 0) is 27.4 Å². The normalized spacial score (nSPS) is 11.2. The molecule has 0 spiro atoms. The highest BCUT2D eigenvalue weighted by molar-refractivity contribution is 7.16. The number of ketones is 2.